The summed E-state index contributed by atoms with van der Waals surface area (Å²) >= 11 is 0. The quantitative estimate of drug-likeness (QED) is 0.363. The molecule has 2 heterocycles. The number of aryl methyl sites for hydroxylation is 1. The predicted octanol–water partition coefficient (Wildman–Crippen LogP) is 4.92. The van der Waals surface area contributed by atoms with Gasteiger partial charge in [0, 0.05) is 23.7 Å². The molecule has 0 bridgehead atoms. The molecular formula is C24H20F3N5O. The maximum atomic E-state index is 13.2. The Kier molecular flexibility index (Phi) is 6.12. The van der Waals surface area contributed by atoms with Crippen molar-refractivity contribution < 1.29 is 18.0 Å². The number of pyridine rings is 1. The first-order chi connectivity index (χ1) is 15.8. The van der Waals surface area contributed by atoms with Crippen molar-refractivity contribution in [2.45, 2.75) is 19.0 Å². The number of aromatic amines is 1. The van der Waals surface area contributed by atoms with Crippen molar-refractivity contribution in [1.82, 2.24) is 15.0 Å². The Balaban J connectivity index is 1.64. The van der Waals surface area contributed by atoms with Gasteiger partial charge < -0.3 is 10.7 Å². The average Bonchev–Trinajstić information content (AvgIpc) is 3.21. The van der Waals surface area contributed by atoms with Crippen LogP contribution in [0.3, 0.4) is 0 Å². The largest absolute Gasteiger partial charge is 0.416 e. The minimum atomic E-state index is -4.46. The molecule has 0 spiro atoms. The second kappa shape index (κ2) is 9.15. The molecule has 0 radical (unpaired) electrons. The van der Waals surface area contributed by atoms with E-state index in [0.717, 1.165) is 23.2 Å². The number of halogens is 3. The number of nitrogens with one attached hydrogen (secondary N) is 2. The molecule has 0 atom stereocenters. The van der Waals surface area contributed by atoms with Gasteiger partial charge in [0.1, 0.15) is 0 Å². The van der Waals surface area contributed by atoms with Crippen LogP contribution in [0.5, 0.6) is 0 Å². The van der Waals surface area contributed by atoms with E-state index in [0.29, 0.717) is 17.5 Å². The smallest absolute Gasteiger partial charge is 0.398 e. The molecule has 0 aliphatic carbocycles. The van der Waals surface area contributed by atoms with Crippen molar-refractivity contribution in [3.63, 3.8) is 0 Å². The van der Waals surface area contributed by atoms with Crippen LogP contribution in [0.4, 0.5) is 19.1 Å². The van der Waals surface area contributed by atoms with Crippen LogP contribution in [0, 0.1) is 0 Å². The first-order valence-electron chi connectivity index (χ1n) is 10.1. The number of fused-ring (bicyclic) bond motifs is 1. The molecule has 168 valence electrons. The maximum Gasteiger partial charge on any atom is 0.416 e. The zero-order valence-corrected chi connectivity index (χ0v) is 17.4. The molecule has 0 aliphatic rings. The van der Waals surface area contributed by atoms with Crippen molar-refractivity contribution in [2.24, 2.45) is 5.73 Å². The van der Waals surface area contributed by atoms with Crippen LogP contribution in [0.25, 0.3) is 16.7 Å². The average molecular weight is 451 g/mol. The molecule has 33 heavy (non-hydrogen) atoms. The normalized spacial score (nSPS) is 12.5. The Morgan fingerprint density at radius 2 is 1.70 bits per heavy atom. The summed E-state index contributed by atoms with van der Waals surface area (Å²) in [5.74, 6) is -0.233. The number of imidazole rings is 1. The summed E-state index contributed by atoms with van der Waals surface area (Å²) in [6, 6.07) is 15.4. The van der Waals surface area contributed by atoms with Gasteiger partial charge in [-0.05, 0) is 60.4 Å². The topological polar surface area (TPSA) is 96.7 Å². The summed E-state index contributed by atoms with van der Waals surface area (Å²) in [4.78, 5) is 24.5. The van der Waals surface area contributed by atoms with E-state index in [9.17, 15) is 18.0 Å². The zero-order valence-electron chi connectivity index (χ0n) is 17.4. The molecule has 4 N–H and O–H groups in total. The summed E-state index contributed by atoms with van der Waals surface area (Å²) in [7, 11) is 0. The molecule has 2 aromatic heterocycles. The highest BCUT2D eigenvalue weighted by molar-refractivity contribution is 6.08. The summed E-state index contributed by atoms with van der Waals surface area (Å²) in [6.45, 7) is 0. The van der Waals surface area contributed by atoms with Crippen LogP contribution in [-0.4, -0.2) is 20.9 Å². The maximum absolute atomic E-state index is 13.2. The number of aromatic nitrogens is 3. The SMILES string of the molecule is NC(=C(CCc1ccncc1)C(=O)Nc1nc2ccccc2[nH]1)c1ccc(C(F)(F)F)cc1. The molecule has 4 aromatic rings. The number of para-hydroxylation sites is 2. The van der Waals surface area contributed by atoms with Crippen LogP contribution in [-0.2, 0) is 17.4 Å². The Bertz CT molecular complexity index is 1260. The Hall–Kier alpha value is -4.14. The van der Waals surface area contributed by atoms with Crippen molar-refractivity contribution in [3.8, 4) is 0 Å². The number of rotatable bonds is 6. The van der Waals surface area contributed by atoms with Crippen LogP contribution in [0.1, 0.15) is 23.1 Å². The monoisotopic (exact) mass is 451 g/mol. The van der Waals surface area contributed by atoms with Crippen LogP contribution < -0.4 is 11.1 Å². The lowest BCUT2D eigenvalue weighted by Crippen LogP contribution is -2.20. The number of hydrogen-bond donors (Lipinski definition) is 3. The molecule has 0 fully saturated rings. The Morgan fingerprint density at radius 1 is 1.00 bits per heavy atom. The first-order valence-corrected chi connectivity index (χ1v) is 10.1. The highest BCUT2D eigenvalue weighted by Gasteiger charge is 2.30. The van der Waals surface area contributed by atoms with Gasteiger partial charge >= 0.3 is 6.18 Å². The minimum Gasteiger partial charge on any atom is -0.398 e. The number of carbonyl (C=O) groups is 1. The third-order valence-electron chi connectivity index (χ3n) is 5.16. The van der Waals surface area contributed by atoms with E-state index in [1.165, 1.54) is 12.1 Å². The van der Waals surface area contributed by atoms with Gasteiger partial charge in [0.15, 0.2) is 0 Å². The van der Waals surface area contributed by atoms with E-state index in [2.05, 4.69) is 20.3 Å². The van der Waals surface area contributed by atoms with Crippen molar-refractivity contribution in [1.29, 1.82) is 0 Å². The lowest BCUT2D eigenvalue weighted by molar-refractivity contribution is -0.137. The van der Waals surface area contributed by atoms with E-state index < -0.39 is 17.6 Å². The van der Waals surface area contributed by atoms with Gasteiger partial charge in [0.05, 0.1) is 16.6 Å². The van der Waals surface area contributed by atoms with Gasteiger partial charge in [-0.15, -0.1) is 0 Å². The lowest BCUT2D eigenvalue weighted by atomic mass is 9.99. The molecule has 1 amide bonds. The number of hydrogen-bond acceptors (Lipinski definition) is 4. The Labute approximate surface area is 187 Å². The predicted molar refractivity (Wildman–Crippen MR) is 120 cm³/mol. The fourth-order valence-electron chi connectivity index (χ4n) is 3.40. The molecule has 0 unspecified atom stereocenters. The highest BCUT2D eigenvalue weighted by Crippen LogP contribution is 2.30. The molecule has 0 aliphatic heterocycles. The Morgan fingerprint density at radius 3 is 2.36 bits per heavy atom. The molecule has 9 heteroatoms. The van der Waals surface area contributed by atoms with E-state index in [1.807, 2.05) is 30.3 Å². The summed E-state index contributed by atoms with van der Waals surface area (Å²) in [5, 5.41) is 2.72. The number of nitrogens with zero attached hydrogens (tertiary/aromatic N) is 2. The van der Waals surface area contributed by atoms with Crippen LogP contribution >= 0.6 is 0 Å². The number of benzene rings is 2. The molecule has 0 saturated heterocycles. The second-order valence-corrected chi connectivity index (χ2v) is 7.38. The summed E-state index contributed by atoms with van der Waals surface area (Å²) in [5.41, 5.74) is 8.56. The number of alkyl halides is 3. The molecule has 0 saturated carbocycles. The van der Waals surface area contributed by atoms with Crippen LogP contribution in [0.2, 0.25) is 0 Å². The fraction of sp³-hybridized carbons (Fsp3) is 0.125. The molecule has 6 nitrogen and oxygen atoms in total. The molecule has 4 rings (SSSR count). The number of anilines is 1. The number of H-pyrrole nitrogens is 1. The van der Waals surface area contributed by atoms with Gasteiger partial charge in [-0.25, -0.2) is 4.98 Å². The van der Waals surface area contributed by atoms with Crippen molar-refractivity contribution >= 4 is 28.6 Å². The van der Waals surface area contributed by atoms with Gasteiger partial charge in [-0.1, -0.05) is 24.3 Å². The van der Waals surface area contributed by atoms with Crippen molar-refractivity contribution in [2.75, 3.05) is 5.32 Å². The summed E-state index contributed by atoms with van der Waals surface area (Å²) < 4.78 is 38.8. The van der Waals surface area contributed by atoms with Gasteiger partial charge in [-0.2, -0.15) is 13.2 Å². The van der Waals surface area contributed by atoms with Gasteiger partial charge in [0.25, 0.3) is 5.91 Å². The summed E-state index contributed by atoms with van der Waals surface area (Å²) in [6.07, 6.45) is -0.408. The molecule has 2 aromatic carbocycles. The van der Waals surface area contributed by atoms with E-state index in [4.69, 9.17) is 5.73 Å². The number of nitrogens with two attached hydrogens (primary N) is 1. The third kappa shape index (κ3) is 5.20. The third-order valence-corrected chi connectivity index (χ3v) is 5.16. The standard InChI is InChI=1S/C24H20F3N5O/c25-24(26,27)17-8-6-16(7-9-17)21(28)18(10-5-15-11-13-29-14-12-15)22(33)32-23-30-19-3-1-2-4-20(19)31-23/h1-4,6-9,11-14H,5,10,28H2,(H2,30,31,32,33). The zero-order chi connectivity index (χ0) is 23.4. The highest BCUT2D eigenvalue weighted by atomic mass is 19.4. The fourth-order valence-corrected chi connectivity index (χ4v) is 3.40. The van der Waals surface area contributed by atoms with E-state index in [1.54, 1.807) is 18.5 Å². The van der Waals surface area contributed by atoms with Gasteiger partial charge in [0.2, 0.25) is 5.95 Å². The van der Waals surface area contributed by atoms with E-state index in [-0.39, 0.29) is 23.6 Å². The second-order valence-electron chi connectivity index (χ2n) is 7.38. The minimum absolute atomic E-state index is 0.103. The number of amides is 1. The van der Waals surface area contributed by atoms with Gasteiger partial charge in [-0.3, -0.25) is 15.1 Å². The van der Waals surface area contributed by atoms with Crippen molar-refractivity contribution in [3.05, 3.63) is 95.3 Å². The van der Waals surface area contributed by atoms with E-state index >= 15 is 0 Å². The first kappa shape index (κ1) is 22.1. The van der Waals surface area contributed by atoms with Crippen LogP contribution in [0.15, 0.2) is 78.6 Å². The lowest BCUT2D eigenvalue weighted by Gasteiger charge is -2.13. The number of carbonyl (C=O) groups excluding carboxylic acids is 1. The molecular weight excluding hydrogens is 431 g/mol.